The fraction of sp³-hybridized carbons (Fsp3) is 0.545. The molecule has 1 aliphatic rings. The van der Waals surface area contributed by atoms with Gasteiger partial charge in [0.05, 0.1) is 6.61 Å². The van der Waals surface area contributed by atoms with Crippen LogP contribution in [0.1, 0.15) is 24.8 Å². The molecule has 1 aromatic rings. The van der Waals surface area contributed by atoms with Gasteiger partial charge in [-0.25, -0.2) is 4.98 Å². The highest BCUT2D eigenvalue weighted by Gasteiger charge is 2.20. The molecule has 0 amide bonds. The average Bonchev–Trinajstić information content (AvgIpc) is 3.04. The molecular formula is C11H13Cl2NO. The van der Waals surface area contributed by atoms with E-state index in [2.05, 4.69) is 4.98 Å². The second kappa shape index (κ2) is 5.04. The monoisotopic (exact) mass is 245 g/mol. The maximum Gasteiger partial charge on any atom is 0.232 e. The van der Waals surface area contributed by atoms with E-state index < -0.39 is 0 Å². The zero-order valence-electron chi connectivity index (χ0n) is 8.38. The Bertz CT molecular complexity index is 339. The van der Waals surface area contributed by atoms with E-state index >= 15 is 0 Å². The lowest BCUT2D eigenvalue weighted by Gasteiger charge is -2.06. The van der Waals surface area contributed by atoms with Crippen LogP contribution < -0.4 is 4.74 Å². The van der Waals surface area contributed by atoms with Crippen molar-refractivity contribution in [1.82, 2.24) is 4.98 Å². The summed E-state index contributed by atoms with van der Waals surface area (Å²) in [5, 5.41) is 0.545. The molecule has 0 aromatic carbocycles. The number of halogens is 2. The molecule has 82 valence electrons. The molecule has 0 saturated heterocycles. The van der Waals surface area contributed by atoms with Crippen LogP contribution in [0.4, 0.5) is 0 Å². The number of alkyl halides is 1. The molecule has 0 unspecified atom stereocenters. The number of ether oxygens (including phenoxy) is 1. The first-order valence-electron chi connectivity index (χ1n) is 5.13. The highest BCUT2D eigenvalue weighted by molar-refractivity contribution is 6.32. The number of hydrogen-bond acceptors (Lipinski definition) is 2. The van der Waals surface area contributed by atoms with Crippen LogP contribution in [0.3, 0.4) is 0 Å². The Morgan fingerprint density at radius 3 is 2.87 bits per heavy atom. The fourth-order valence-corrected chi connectivity index (χ4v) is 1.76. The Labute approximate surface area is 99.6 Å². The van der Waals surface area contributed by atoms with Gasteiger partial charge in [0.15, 0.2) is 0 Å². The van der Waals surface area contributed by atoms with Gasteiger partial charge in [-0.05, 0) is 24.0 Å². The standard InChI is InChI=1S/C11H13Cl2NO/c12-6-9-5-10(13)11(14-7-9)15-4-3-8-1-2-8/h5,7-8H,1-4,6H2. The number of rotatable bonds is 5. The molecule has 1 fully saturated rings. The molecule has 0 N–H and O–H groups in total. The molecule has 0 aliphatic heterocycles. The first-order chi connectivity index (χ1) is 7.29. The third kappa shape index (κ3) is 3.25. The van der Waals surface area contributed by atoms with Gasteiger partial charge in [-0.2, -0.15) is 0 Å². The van der Waals surface area contributed by atoms with Crippen molar-refractivity contribution in [3.8, 4) is 5.88 Å². The maximum atomic E-state index is 5.99. The normalized spacial score (nSPS) is 15.3. The summed E-state index contributed by atoms with van der Waals surface area (Å²) in [6, 6.07) is 1.80. The van der Waals surface area contributed by atoms with E-state index in [1.165, 1.54) is 12.8 Å². The molecule has 2 nitrogen and oxygen atoms in total. The smallest absolute Gasteiger partial charge is 0.232 e. The van der Waals surface area contributed by atoms with Gasteiger partial charge in [-0.15, -0.1) is 11.6 Å². The van der Waals surface area contributed by atoms with Gasteiger partial charge < -0.3 is 4.74 Å². The second-order valence-electron chi connectivity index (χ2n) is 3.84. The zero-order valence-corrected chi connectivity index (χ0v) is 9.89. The molecule has 15 heavy (non-hydrogen) atoms. The topological polar surface area (TPSA) is 22.1 Å². The van der Waals surface area contributed by atoms with Crippen molar-refractivity contribution in [2.75, 3.05) is 6.61 Å². The minimum atomic E-state index is 0.426. The van der Waals surface area contributed by atoms with Crippen molar-refractivity contribution in [3.05, 3.63) is 22.8 Å². The molecule has 1 saturated carbocycles. The lowest BCUT2D eigenvalue weighted by molar-refractivity contribution is 0.291. The van der Waals surface area contributed by atoms with E-state index in [0.29, 0.717) is 23.4 Å². The van der Waals surface area contributed by atoms with Crippen molar-refractivity contribution in [3.63, 3.8) is 0 Å². The maximum absolute atomic E-state index is 5.99. The second-order valence-corrected chi connectivity index (χ2v) is 4.52. The van der Waals surface area contributed by atoms with Gasteiger partial charge in [0.1, 0.15) is 5.02 Å². The first kappa shape index (κ1) is 11.0. The molecule has 1 aliphatic carbocycles. The van der Waals surface area contributed by atoms with Gasteiger partial charge >= 0.3 is 0 Å². The minimum Gasteiger partial charge on any atom is -0.477 e. The van der Waals surface area contributed by atoms with Crippen LogP contribution in [0.2, 0.25) is 5.02 Å². The summed E-state index contributed by atoms with van der Waals surface area (Å²) in [5.74, 6) is 1.81. The zero-order chi connectivity index (χ0) is 10.7. The van der Waals surface area contributed by atoms with Crippen LogP contribution in [-0.2, 0) is 5.88 Å². The lowest BCUT2D eigenvalue weighted by Crippen LogP contribution is -2.00. The van der Waals surface area contributed by atoms with Crippen molar-refractivity contribution >= 4 is 23.2 Å². The van der Waals surface area contributed by atoms with Crippen molar-refractivity contribution in [1.29, 1.82) is 0 Å². The minimum absolute atomic E-state index is 0.426. The highest BCUT2D eigenvalue weighted by Crippen LogP contribution is 2.32. The molecule has 1 aromatic heterocycles. The van der Waals surface area contributed by atoms with E-state index in [1.54, 1.807) is 12.3 Å². The van der Waals surface area contributed by atoms with Crippen LogP contribution >= 0.6 is 23.2 Å². The number of aromatic nitrogens is 1. The van der Waals surface area contributed by atoms with Crippen LogP contribution in [0, 0.1) is 5.92 Å². The van der Waals surface area contributed by atoms with Crippen LogP contribution in [-0.4, -0.2) is 11.6 Å². The summed E-state index contributed by atoms with van der Waals surface area (Å²) in [6.45, 7) is 0.706. The van der Waals surface area contributed by atoms with Crippen molar-refractivity contribution in [2.24, 2.45) is 5.92 Å². The fourth-order valence-electron chi connectivity index (χ4n) is 1.37. The number of pyridine rings is 1. The molecule has 2 rings (SSSR count). The molecular weight excluding hydrogens is 233 g/mol. The van der Waals surface area contributed by atoms with Crippen LogP contribution in [0.15, 0.2) is 12.3 Å². The van der Waals surface area contributed by atoms with Crippen LogP contribution in [0.5, 0.6) is 5.88 Å². The summed E-state index contributed by atoms with van der Waals surface area (Å²) in [6.07, 6.45) is 5.49. The van der Waals surface area contributed by atoms with Crippen molar-refractivity contribution in [2.45, 2.75) is 25.1 Å². The SMILES string of the molecule is ClCc1cnc(OCCC2CC2)c(Cl)c1. The summed E-state index contributed by atoms with van der Waals surface area (Å²) >= 11 is 11.7. The van der Waals surface area contributed by atoms with Crippen molar-refractivity contribution < 1.29 is 4.74 Å². The number of hydrogen-bond donors (Lipinski definition) is 0. The van der Waals surface area contributed by atoms with Gasteiger partial charge in [0.25, 0.3) is 0 Å². The Balaban J connectivity index is 1.88. The molecule has 0 spiro atoms. The van der Waals surface area contributed by atoms with E-state index in [-0.39, 0.29) is 0 Å². The Morgan fingerprint density at radius 1 is 1.47 bits per heavy atom. The van der Waals surface area contributed by atoms with Gasteiger partial charge in [-0.1, -0.05) is 24.4 Å². The van der Waals surface area contributed by atoms with Gasteiger partial charge in [0, 0.05) is 12.1 Å². The van der Waals surface area contributed by atoms with E-state index in [1.807, 2.05) is 0 Å². The first-order valence-corrected chi connectivity index (χ1v) is 6.04. The van der Waals surface area contributed by atoms with Gasteiger partial charge in [-0.3, -0.25) is 0 Å². The lowest BCUT2D eigenvalue weighted by atomic mass is 10.3. The Hall–Kier alpha value is -0.470. The largest absolute Gasteiger partial charge is 0.477 e. The summed E-state index contributed by atoms with van der Waals surface area (Å²) in [4.78, 5) is 4.13. The molecule has 0 bridgehead atoms. The highest BCUT2D eigenvalue weighted by atomic mass is 35.5. The van der Waals surface area contributed by atoms with E-state index in [9.17, 15) is 0 Å². The Kier molecular flexibility index (Phi) is 3.71. The van der Waals surface area contributed by atoms with Crippen LogP contribution in [0.25, 0.3) is 0 Å². The molecule has 0 atom stereocenters. The summed E-state index contributed by atoms with van der Waals surface area (Å²) in [5.41, 5.74) is 0.913. The molecule has 1 heterocycles. The van der Waals surface area contributed by atoms with E-state index in [4.69, 9.17) is 27.9 Å². The molecule has 0 radical (unpaired) electrons. The number of nitrogens with zero attached hydrogens (tertiary/aromatic N) is 1. The summed E-state index contributed by atoms with van der Waals surface area (Å²) < 4.78 is 5.50. The van der Waals surface area contributed by atoms with Gasteiger partial charge in [0.2, 0.25) is 5.88 Å². The summed E-state index contributed by atoms with van der Waals surface area (Å²) in [7, 11) is 0. The van der Waals surface area contributed by atoms with E-state index in [0.717, 1.165) is 17.9 Å². The Morgan fingerprint density at radius 2 is 2.27 bits per heavy atom. The predicted octanol–water partition coefficient (Wildman–Crippen LogP) is 3.65. The third-order valence-electron chi connectivity index (χ3n) is 2.48. The molecule has 4 heteroatoms. The average molecular weight is 246 g/mol. The third-order valence-corrected chi connectivity index (χ3v) is 3.06. The quantitative estimate of drug-likeness (QED) is 0.740. The predicted molar refractivity (Wildman–Crippen MR) is 61.6 cm³/mol.